The summed E-state index contributed by atoms with van der Waals surface area (Å²) >= 11 is 1.69. The Morgan fingerprint density at radius 1 is 1.33 bits per heavy atom. The Hall–Kier alpha value is -1.46. The number of hydrogen-bond acceptors (Lipinski definition) is 5. The molecule has 0 radical (unpaired) electrons. The molecular weight excluding hydrogens is 246 g/mol. The van der Waals surface area contributed by atoms with Crippen LogP contribution in [-0.4, -0.2) is 23.9 Å². The van der Waals surface area contributed by atoms with Crippen molar-refractivity contribution in [3.8, 4) is 5.88 Å². The summed E-state index contributed by atoms with van der Waals surface area (Å²) in [4.78, 5) is 0. The van der Waals surface area contributed by atoms with Crippen LogP contribution in [0, 0.1) is 0 Å². The quantitative estimate of drug-likeness (QED) is 0.870. The number of ether oxygens (including phenoxy) is 1. The summed E-state index contributed by atoms with van der Waals surface area (Å²) in [5.74, 6) is 0.540. The third kappa shape index (κ3) is 3.05. The maximum absolute atomic E-state index is 5.03. The zero-order valence-electron chi connectivity index (χ0n) is 10.6. The van der Waals surface area contributed by atoms with Crippen LogP contribution in [0.4, 0.5) is 0 Å². The van der Waals surface area contributed by atoms with Crippen molar-refractivity contribution >= 4 is 11.3 Å². The van der Waals surface area contributed by atoms with E-state index in [1.165, 1.54) is 5.56 Å². The highest BCUT2D eigenvalue weighted by atomic mass is 32.1. The number of nitrogens with one attached hydrogen (secondary N) is 1. The van der Waals surface area contributed by atoms with Crippen molar-refractivity contribution in [3.63, 3.8) is 0 Å². The SMILES string of the molecule is CCCNC(c1ccsc1)c1ccc(OC)nn1. The molecule has 0 saturated carbocycles. The van der Waals surface area contributed by atoms with Gasteiger partial charge in [-0.05, 0) is 41.4 Å². The van der Waals surface area contributed by atoms with E-state index in [1.54, 1.807) is 18.4 Å². The van der Waals surface area contributed by atoms with Gasteiger partial charge in [-0.15, -0.1) is 10.2 Å². The fourth-order valence-corrected chi connectivity index (χ4v) is 2.40. The van der Waals surface area contributed by atoms with Gasteiger partial charge in [0.15, 0.2) is 0 Å². The average molecular weight is 263 g/mol. The zero-order chi connectivity index (χ0) is 12.8. The van der Waals surface area contributed by atoms with Crippen LogP contribution in [0.1, 0.15) is 30.6 Å². The van der Waals surface area contributed by atoms with Crippen LogP contribution in [0.15, 0.2) is 29.0 Å². The minimum Gasteiger partial charge on any atom is -0.480 e. The lowest BCUT2D eigenvalue weighted by atomic mass is 10.1. The second-order valence-corrected chi connectivity index (χ2v) is 4.72. The van der Waals surface area contributed by atoms with Gasteiger partial charge in [0.05, 0.1) is 18.8 Å². The molecule has 2 heterocycles. The van der Waals surface area contributed by atoms with Crippen molar-refractivity contribution in [2.24, 2.45) is 0 Å². The third-order valence-corrected chi connectivity index (χ3v) is 3.34. The van der Waals surface area contributed by atoms with Crippen LogP contribution in [0.2, 0.25) is 0 Å². The Morgan fingerprint density at radius 3 is 2.78 bits per heavy atom. The maximum atomic E-state index is 5.03. The minimum atomic E-state index is 0.106. The molecule has 0 saturated heterocycles. The van der Waals surface area contributed by atoms with E-state index in [9.17, 15) is 0 Å². The first-order chi connectivity index (χ1) is 8.85. The fourth-order valence-electron chi connectivity index (χ4n) is 1.71. The number of aromatic nitrogens is 2. The first-order valence-corrected chi connectivity index (χ1v) is 6.92. The Balaban J connectivity index is 2.21. The Labute approximate surface area is 111 Å². The van der Waals surface area contributed by atoms with E-state index >= 15 is 0 Å². The summed E-state index contributed by atoms with van der Waals surface area (Å²) in [7, 11) is 1.59. The van der Waals surface area contributed by atoms with Gasteiger partial charge in [0.1, 0.15) is 0 Å². The average Bonchev–Trinajstić information content (AvgIpc) is 2.94. The predicted octanol–water partition coefficient (Wildman–Crippen LogP) is 2.64. The van der Waals surface area contributed by atoms with Crippen LogP contribution < -0.4 is 10.1 Å². The van der Waals surface area contributed by atoms with Gasteiger partial charge in [0.25, 0.3) is 0 Å². The van der Waals surface area contributed by atoms with Gasteiger partial charge in [-0.25, -0.2) is 0 Å². The molecule has 0 amide bonds. The highest BCUT2D eigenvalue weighted by Crippen LogP contribution is 2.22. The smallest absolute Gasteiger partial charge is 0.233 e. The molecule has 1 unspecified atom stereocenters. The standard InChI is InChI=1S/C13H17N3OS/c1-3-7-14-13(10-6-8-18-9-10)11-4-5-12(17-2)16-15-11/h4-6,8-9,13-14H,3,7H2,1-2H3. The van der Waals surface area contributed by atoms with Crippen molar-refractivity contribution in [1.82, 2.24) is 15.5 Å². The number of methoxy groups -OCH3 is 1. The molecule has 0 aliphatic rings. The van der Waals surface area contributed by atoms with Gasteiger partial charge in [0.2, 0.25) is 5.88 Å². The Morgan fingerprint density at radius 2 is 2.22 bits per heavy atom. The van der Waals surface area contributed by atoms with Crippen LogP contribution in [-0.2, 0) is 0 Å². The van der Waals surface area contributed by atoms with E-state index in [1.807, 2.05) is 12.1 Å². The van der Waals surface area contributed by atoms with E-state index in [0.29, 0.717) is 5.88 Å². The highest BCUT2D eigenvalue weighted by molar-refractivity contribution is 7.08. The molecule has 0 fully saturated rings. The molecule has 2 aromatic heterocycles. The lowest BCUT2D eigenvalue weighted by Gasteiger charge is -2.16. The molecule has 0 bridgehead atoms. The molecule has 4 nitrogen and oxygen atoms in total. The molecule has 0 aromatic carbocycles. The fraction of sp³-hybridized carbons (Fsp3) is 0.385. The normalized spacial score (nSPS) is 12.3. The number of thiophene rings is 1. The van der Waals surface area contributed by atoms with E-state index in [0.717, 1.165) is 18.7 Å². The lowest BCUT2D eigenvalue weighted by molar-refractivity contribution is 0.390. The van der Waals surface area contributed by atoms with Gasteiger partial charge in [-0.1, -0.05) is 6.92 Å². The van der Waals surface area contributed by atoms with Gasteiger partial charge in [-0.3, -0.25) is 0 Å². The number of nitrogens with zero attached hydrogens (tertiary/aromatic N) is 2. The summed E-state index contributed by atoms with van der Waals surface area (Å²) in [6.07, 6.45) is 1.09. The number of rotatable bonds is 6. The molecule has 5 heteroatoms. The van der Waals surface area contributed by atoms with Crippen molar-refractivity contribution < 1.29 is 4.74 Å². The van der Waals surface area contributed by atoms with Crippen molar-refractivity contribution in [1.29, 1.82) is 0 Å². The van der Waals surface area contributed by atoms with Gasteiger partial charge in [-0.2, -0.15) is 11.3 Å². The van der Waals surface area contributed by atoms with Gasteiger partial charge in [0, 0.05) is 6.07 Å². The minimum absolute atomic E-state index is 0.106. The second kappa shape index (κ2) is 6.47. The van der Waals surface area contributed by atoms with Crippen LogP contribution in [0.5, 0.6) is 5.88 Å². The van der Waals surface area contributed by atoms with E-state index < -0.39 is 0 Å². The summed E-state index contributed by atoms with van der Waals surface area (Å²) in [5, 5.41) is 16.0. The van der Waals surface area contributed by atoms with Crippen molar-refractivity contribution in [3.05, 3.63) is 40.2 Å². The topological polar surface area (TPSA) is 47.0 Å². The van der Waals surface area contributed by atoms with Crippen molar-refractivity contribution in [2.75, 3.05) is 13.7 Å². The molecule has 1 atom stereocenters. The first kappa shape index (κ1) is 13.0. The second-order valence-electron chi connectivity index (χ2n) is 3.94. The molecule has 1 N–H and O–H groups in total. The monoisotopic (exact) mass is 263 g/mol. The third-order valence-electron chi connectivity index (χ3n) is 2.64. The molecule has 2 aromatic rings. The van der Waals surface area contributed by atoms with E-state index in [4.69, 9.17) is 4.74 Å². The summed E-state index contributed by atoms with van der Waals surface area (Å²) in [6, 6.07) is 6.02. The molecule has 96 valence electrons. The van der Waals surface area contributed by atoms with Gasteiger partial charge >= 0.3 is 0 Å². The molecule has 18 heavy (non-hydrogen) atoms. The Bertz CT molecular complexity index is 456. The van der Waals surface area contributed by atoms with Crippen molar-refractivity contribution in [2.45, 2.75) is 19.4 Å². The number of hydrogen-bond donors (Lipinski definition) is 1. The lowest BCUT2D eigenvalue weighted by Crippen LogP contribution is -2.23. The maximum Gasteiger partial charge on any atom is 0.233 e. The highest BCUT2D eigenvalue weighted by Gasteiger charge is 2.15. The Kier molecular flexibility index (Phi) is 4.66. The summed E-state index contributed by atoms with van der Waals surface area (Å²) in [6.45, 7) is 3.10. The molecule has 0 aliphatic carbocycles. The molecular formula is C13H17N3OS. The van der Waals surface area contributed by atoms with Crippen LogP contribution in [0.25, 0.3) is 0 Å². The summed E-state index contributed by atoms with van der Waals surface area (Å²) < 4.78 is 5.03. The predicted molar refractivity (Wildman–Crippen MR) is 73.0 cm³/mol. The largest absolute Gasteiger partial charge is 0.480 e. The molecule has 0 spiro atoms. The first-order valence-electron chi connectivity index (χ1n) is 5.98. The van der Waals surface area contributed by atoms with Crippen LogP contribution in [0.3, 0.4) is 0 Å². The molecule has 2 rings (SSSR count). The van der Waals surface area contributed by atoms with E-state index in [-0.39, 0.29) is 6.04 Å². The zero-order valence-corrected chi connectivity index (χ0v) is 11.4. The molecule has 0 aliphatic heterocycles. The van der Waals surface area contributed by atoms with Gasteiger partial charge < -0.3 is 10.1 Å². The van der Waals surface area contributed by atoms with Crippen LogP contribution >= 0.6 is 11.3 Å². The summed E-state index contributed by atoms with van der Waals surface area (Å²) in [5.41, 5.74) is 2.15. The van der Waals surface area contributed by atoms with E-state index in [2.05, 4.69) is 39.3 Å².